The zero-order valence-corrected chi connectivity index (χ0v) is 25.0. The van der Waals surface area contributed by atoms with Crippen LogP contribution in [0.15, 0.2) is 29.1 Å². The fourth-order valence-electron chi connectivity index (χ4n) is 7.11. The van der Waals surface area contributed by atoms with E-state index < -0.39 is 11.6 Å². The lowest BCUT2D eigenvalue weighted by Crippen LogP contribution is -2.46. The Hall–Kier alpha value is -3.76. The van der Waals surface area contributed by atoms with Crippen molar-refractivity contribution in [2.75, 3.05) is 26.2 Å². The molecule has 1 amide bonds. The van der Waals surface area contributed by atoms with E-state index in [1.165, 1.54) is 45.2 Å². The number of fused-ring (bicyclic) bond motifs is 5. The topological polar surface area (TPSA) is 125 Å². The average Bonchev–Trinajstić information content (AvgIpc) is 3.40. The number of carbonyl (C=O) groups is 2. The number of phenols is 1. The van der Waals surface area contributed by atoms with Crippen LogP contribution < -0.4 is 5.56 Å². The molecule has 43 heavy (non-hydrogen) atoms. The second-order valence-electron chi connectivity index (χ2n) is 12.1. The zero-order chi connectivity index (χ0) is 30.3. The van der Waals surface area contributed by atoms with Gasteiger partial charge < -0.3 is 29.3 Å². The van der Waals surface area contributed by atoms with Gasteiger partial charge in [0.1, 0.15) is 12.4 Å². The van der Waals surface area contributed by atoms with E-state index in [0.29, 0.717) is 35.5 Å². The number of amides is 1. The number of hydrogen-bond acceptors (Lipinski definition) is 8. The summed E-state index contributed by atoms with van der Waals surface area (Å²) < 4.78 is 6.70. The maximum atomic E-state index is 13.1. The molecule has 0 unspecified atom stereocenters. The molecule has 1 aromatic carbocycles. The van der Waals surface area contributed by atoms with Crippen molar-refractivity contribution in [3.63, 3.8) is 0 Å². The molecular formula is C33H40N4O6. The van der Waals surface area contributed by atoms with E-state index >= 15 is 0 Å². The van der Waals surface area contributed by atoms with E-state index in [1.54, 1.807) is 29.7 Å². The lowest BCUT2D eigenvalue weighted by atomic mass is 9.86. The summed E-state index contributed by atoms with van der Waals surface area (Å²) >= 11 is 0. The van der Waals surface area contributed by atoms with E-state index in [-0.39, 0.29) is 24.3 Å². The van der Waals surface area contributed by atoms with Crippen LogP contribution in [0, 0.1) is 0 Å². The second kappa shape index (κ2) is 11.7. The Morgan fingerprint density at radius 1 is 1.07 bits per heavy atom. The van der Waals surface area contributed by atoms with E-state index in [2.05, 4.69) is 4.90 Å². The molecule has 7 rings (SSSR count). The number of esters is 1. The van der Waals surface area contributed by atoms with Gasteiger partial charge in [0.25, 0.3) is 5.56 Å². The number of rotatable bonds is 4. The highest BCUT2D eigenvalue weighted by molar-refractivity contribution is 5.89. The van der Waals surface area contributed by atoms with Gasteiger partial charge in [0.15, 0.2) is 5.60 Å². The number of aromatic nitrogens is 2. The Bertz CT molecular complexity index is 1620. The van der Waals surface area contributed by atoms with E-state index in [1.807, 2.05) is 17.9 Å². The molecule has 0 aliphatic carbocycles. The van der Waals surface area contributed by atoms with Crippen LogP contribution in [0.2, 0.25) is 0 Å². The highest BCUT2D eigenvalue weighted by atomic mass is 16.6. The number of phenolic OH excluding ortho intramolecular Hbond substituents is 1. The summed E-state index contributed by atoms with van der Waals surface area (Å²) in [5.74, 6) is -0.502. The molecule has 3 aromatic rings. The van der Waals surface area contributed by atoms with E-state index in [9.17, 15) is 24.6 Å². The summed E-state index contributed by atoms with van der Waals surface area (Å²) in [7, 11) is 0. The largest absolute Gasteiger partial charge is 0.508 e. The molecule has 0 saturated carbocycles. The highest BCUT2D eigenvalue weighted by Gasteiger charge is 2.45. The van der Waals surface area contributed by atoms with Crippen LogP contribution in [0.4, 0.5) is 0 Å². The molecule has 2 aromatic heterocycles. The molecule has 10 heteroatoms. The number of cyclic esters (lactones) is 1. The number of aliphatic hydroxyl groups is 1. The number of aryl methyl sites for hydroxylation is 1. The van der Waals surface area contributed by atoms with Crippen LogP contribution in [0.25, 0.3) is 22.3 Å². The summed E-state index contributed by atoms with van der Waals surface area (Å²) in [6.45, 7) is 8.34. The molecule has 10 nitrogen and oxygen atoms in total. The van der Waals surface area contributed by atoms with Gasteiger partial charge >= 0.3 is 5.97 Å². The minimum Gasteiger partial charge on any atom is -0.508 e. The van der Waals surface area contributed by atoms with Gasteiger partial charge in [-0.15, -0.1) is 0 Å². The first-order chi connectivity index (χ1) is 20.8. The monoisotopic (exact) mass is 588 g/mol. The van der Waals surface area contributed by atoms with Crippen LogP contribution in [0.5, 0.6) is 5.75 Å². The zero-order valence-electron chi connectivity index (χ0n) is 25.0. The van der Waals surface area contributed by atoms with Crippen LogP contribution in [-0.2, 0) is 39.5 Å². The lowest BCUT2D eigenvalue weighted by molar-refractivity contribution is -0.172. The van der Waals surface area contributed by atoms with Crippen LogP contribution in [0.3, 0.4) is 0 Å². The Balaban J connectivity index is 0.000000197. The van der Waals surface area contributed by atoms with Crippen molar-refractivity contribution in [3.8, 4) is 17.1 Å². The predicted octanol–water partition coefficient (Wildman–Crippen LogP) is 3.44. The second-order valence-corrected chi connectivity index (χ2v) is 12.1. The number of ether oxygens (including phenoxy) is 1. The molecule has 2 fully saturated rings. The summed E-state index contributed by atoms with van der Waals surface area (Å²) in [5.41, 5.74) is 2.15. The summed E-state index contributed by atoms with van der Waals surface area (Å²) in [4.78, 5) is 45.2. The van der Waals surface area contributed by atoms with Crippen LogP contribution in [-0.4, -0.2) is 74.2 Å². The number of piperidine rings is 2. The van der Waals surface area contributed by atoms with Crippen LogP contribution >= 0.6 is 0 Å². The van der Waals surface area contributed by atoms with Gasteiger partial charge in [-0.2, -0.15) is 0 Å². The van der Waals surface area contributed by atoms with E-state index in [4.69, 9.17) is 9.72 Å². The highest BCUT2D eigenvalue weighted by Crippen LogP contribution is 2.39. The number of pyridine rings is 2. The number of benzene rings is 1. The quantitative estimate of drug-likeness (QED) is 0.274. The van der Waals surface area contributed by atoms with Crippen LogP contribution in [0.1, 0.15) is 74.6 Å². The van der Waals surface area contributed by atoms with Crippen molar-refractivity contribution in [1.29, 1.82) is 0 Å². The summed E-state index contributed by atoms with van der Waals surface area (Å²) in [6, 6.07) is 7.80. The first-order valence-electron chi connectivity index (χ1n) is 15.5. The Labute approximate surface area is 250 Å². The third kappa shape index (κ3) is 5.10. The van der Waals surface area contributed by atoms with Crippen molar-refractivity contribution in [1.82, 2.24) is 19.4 Å². The minimum absolute atomic E-state index is 0.110. The fourth-order valence-corrected chi connectivity index (χ4v) is 7.11. The molecule has 4 aliphatic rings. The van der Waals surface area contributed by atoms with Crippen molar-refractivity contribution in [3.05, 3.63) is 56.9 Å². The lowest BCUT2D eigenvalue weighted by Gasteiger charge is -2.39. The standard InChI is InChI=1S/C22H20N2O5.C11H20N2O/c1-3-12-13-7-11-9-24-17(19(11)23-16(13)5-6-18(12)25)8-15-14(20(24)26)10-29-21(27)22(15,28)4-2;14-10-12-8-4-11(5-9-12)13-6-2-1-3-7-13/h5-8,25,28H,3-4,9-10H2,1-2H3;10-11H,1-9H2/t22-;/m0./s1. The Morgan fingerprint density at radius 2 is 1.81 bits per heavy atom. The van der Waals surface area contributed by atoms with Gasteiger partial charge in [0.2, 0.25) is 6.41 Å². The number of likely N-dealkylation sites (tertiary alicyclic amines) is 2. The van der Waals surface area contributed by atoms with Gasteiger partial charge in [-0.25, -0.2) is 9.78 Å². The van der Waals surface area contributed by atoms with Crippen molar-refractivity contribution in [2.45, 2.75) is 83.6 Å². The molecule has 1 atom stereocenters. The molecule has 6 heterocycles. The van der Waals surface area contributed by atoms with Crippen molar-refractivity contribution >= 4 is 23.3 Å². The fraction of sp³-hybridized carbons (Fsp3) is 0.515. The van der Waals surface area contributed by atoms with Crippen molar-refractivity contribution in [2.24, 2.45) is 0 Å². The van der Waals surface area contributed by atoms with Gasteiger partial charge in [-0.3, -0.25) is 9.59 Å². The smallest absolute Gasteiger partial charge is 0.343 e. The first kappa shape index (κ1) is 29.3. The molecule has 2 saturated heterocycles. The number of nitrogens with zero attached hydrogens (tertiary/aromatic N) is 4. The average molecular weight is 589 g/mol. The van der Waals surface area contributed by atoms with Gasteiger partial charge in [0, 0.05) is 41.2 Å². The SMILES string of the molecule is CCc1c(O)ccc2nc3c(cc12)Cn1c-3cc2c(c1=O)COC(=O)[C@]2(O)CC.O=CN1CCC(N2CCCCC2)CC1. The number of hydrogen-bond donors (Lipinski definition) is 2. The molecule has 4 aliphatic heterocycles. The van der Waals surface area contributed by atoms with Crippen molar-refractivity contribution < 1.29 is 24.5 Å². The number of aromatic hydroxyl groups is 1. The molecule has 228 valence electrons. The number of carbonyl (C=O) groups excluding carboxylic acids is 2. The summed E-state index contributed by atoms with van der Waals surface area (Å²) in [6.07, 6.45) is 8.27. The van der Waals surface area contributed by atoms with Gasteiger partial charge in [0.05, 0.1) is 29.0 Å². The van der Waals surface area contributed by atoms with Gasteiger partial charge in [-0.05, 0) is 75.9 Å². The molecule has 0 spiro atoms. The molecule has 0 bridgehead atoms. The maximum absolute atomic E-state index is 13.1. The maximum Gasteiger partial charge on any atom is 0.343 e. The molecule has 2 N–H and O–H groups in total. The first-order valence-corrected chi connectivity index (χ1v) is 15.5. The third-order valence-corrected chi connectivity index (χ3v) is 9.69. The Kier molecular flexibility index (Phi) is 8.00. The van der Waals surface area contributed by atoms with Gasteiger partial charge in [-0.1, -0.05) is 20.3 Å². The predicted molar refractivity (Wildman–Crippen MR) is 162 cm³/mol. The Morgan fingerprint density at radius 3 is 2.49 bits per heavy atom. The normalized spacial score (nSPS) is 21.8. The van der Waals surface area contributed by atoms with E-state index in [0.717, 1.165) is 47.6 Å². The third-order valence-electron chi connectivity index (χ3n) is 9.69. The molecule has 0 radical (unpaired) electrons. The molecular weight excluding hydrogens is 548 g/mol. The minimum atomic E-state index is -1.83. The summed E-state index contributed by atoms with van der Waals surface area (Å²) in [5, 5.41) is 21.9.